The van der Waals surface area contributed by atoms with Gasteiger partial charge in [0.05, 0.1) is 21.1 Å². The summed E-state index contributed by atoms with van der Waals surface area (Å²) in [5.74, 6) is 1.16. The predicted molar refractivity (Wildman–Crippen MR) is 87.6 cm³/mol. The van der Waals surface area contributed by atoms with Crippen LogP contribution in [0.1, 0.15) is 18.8 Å². The van der Waals surface area contributed by atoms with Gasteiger partial charge in [0, 0.05) is 26.4 Å². The number of likely N-dealkylation sites (N-methyl/N-ethyl adjacent to an activating group) is 1. The van der Waals surface area contributed by atoms with Crippen molar-refractivity contribution >= 4 is 51.7 Å². The Hall–Kier alpha value is -0.970. The first-order valence-corrected chi connectivity index (χ1v) is 7.78. The number of fused-ring (bicyclic) bond motifs is 1. The van der Waals surface area contributed by atoms with Crippen LogP contribution in [0.2, 0.25) is 10.0 Å². The quantitative estimate of drug-likeness (QED) is 0.789. The number of hydrogen-bond donors (Lipinski definition) is 0. The molecule has 114 valence electrons. The average molecular weight is 349 g/mol. The van der Waals surface area contributed by atoms with E-state index in [0.29, 0.717) is 27.9 Å². The van der Waals surface area contributed by atoms with Crippen LogP contribution in [0.3, 0.4) is 0 Å². The molecule has 0 aliphatic heterocycles. The van der Waals surface area contributed by atoms with Gasteiger partial charge in [0.15, 0.2) is 0 Å². The Morgan fingerprint density at radius 1 is 1.33 bits per heavy atom. The minimum atomic E-state index is -0.388. The Morgan fingerprint density at radius 3 is 2.52 bits per heavy atom. The third-order valence-corrected chi connectivity index (χ3v) is 4.22. The van der Waals surface area contributed by atoms with Crippen molar-refractivity contribution in [3.05, 3.63) is 28.0 Å². The van der Waals surface area contributed by atoms with Gasteiger partial charge in [-0.15, -0.1) is 11.6 Å². The molecule has 21 heavy (non-hydrogen) atoms. The molecule has 0 N–H and O–H groups in total. The lowest BCUT2D eigenvalue weighted by Crippen LogP contribution is -2.30. The van der Waals surface area contributed by atoms with Crippen LogP contribution < -0.4 is 0 Å². The van der Waals surface area contributed by atoms with Crippen LogP contribution in [0.15, 0.2) is 12.1 Å². The molecule has 0 bridgehead atoms. The SMILES string of the molecule is CC(C(=O)N(C)C)n1c(CCCl)nc2cc(Cl)c(Cl)cc21. The smallest absolute Gasteiger partial charge is 0.244 e. The van der Waals surface area contributed by atoms with Gasteiger partial charge in [0.2, 0.25) is 5.91 Å². The zero-order chi connectivity index (χ0) is 15.7. The monoisotopic (exact) mass is 347 g/mol. The normalized spacial score (nSPS) is 12.7. The summed E-state index contributed by atoms with van der Waals surface area (Å²) in [6.45, 7) is 1.84. The zero-order valence-electron chi connectivity index (χ0n) is 12.0. The predicted octanol–water partition coefficient (Wildman–Crippen LogP) is 3.77. The van der Waals surface area contributed by atoms with Gasteiger partial charge in [0.25, 0.3) is 0 Å². The zero-order valence-corrected chi connectivity index (χ0v) is 14.3. The van der Waals surface area contributed by atoms with Gasteiger partial charge in [-0.2, -0.15) is 0 Å². The highest BCUT2D eigenvalue weighted by Crippen LogP contribution is 2.30. The van der Waals surface area contributed by atoms with E-state index in [1.165, 1.54) is 0 Å². The Kier molecular flexibility index (Phi) is 5.02. The van der Waals surface area contributed by atoms with Crippen LogP contribution >= 0.6 is 34.8 Å². The molecule has 0 fully saturated rings. The van der Waals surface area contributed by atoms with Crippen molar-refractivity contribution in [2.24, 2.45) is 0 Å². The largest absolute Gasteiger partial charge is 0.347 e. The number of halogens is 3. The van der Waals surface area contributed by atoms with Gasteiger partial charge in [-0.1, -0.05) is 23.2 Å². The standard InChI is InChI=1S/C14H16Cl3N3O/c1-8(14(21)19(2)3)20-12-7-10(17)9(16)6-11(12)18-13(20)4-5-15/h6-8H,4-5H2,1-3H3. The molecule has 1 amide bonds. The van der Waals surface area contributed by atoms with Crippen LogP contribution in [0.4, 0.5) is 0 Å². The fraction of sp³-hybridized carbons (Fsp3) is 0.429. The number of carbonyl (C=O) groups excluding carboxylic acids is 1. The summed E-state index contributed by atoms with van der Waals surface area (Å²) in [6, 6.07) is 3.06. The van der Waals surface area contributed by atoms with Crippen LogP contribution in [-0.4, -0.2) is 40.3 Å². The third-order valence-electron chi connectivity index (χ3n) is 3.31. The maximum Gasteiger partial charge on any atom is 0.244 e. The van der Waals surface area contributed by atoms with Gasteiger partial charge in [-0.3, -0.25) is 4.79 Å². The van der Waals surface area contributed by atoms with Gasteiger partial charge in [0.1, 0.15) is 11.9 Å². The lowest BCUT2D eigenvalue weighted by Gasteiger charge is -2.20. The maximum absolute atomic E-state index is 12.3. The molecular formula is C14H16Cl3N3O. The number of benzene rings is 1. The molecule has 1 aromatic heterocycles. The molecule has 1 aromatic carbocycles. The molecule has 0 spiro atoms. The average Bonchev–Trinajstić information content (AvgIpc) is 2.75. The number of aromatic nitrogens is 2. The summed E-state index contributed by atoms with van der Waals surface area (Å²) in [4.78, 5) is 18.4. The van der Waals surface area contributed by atoms with E-state index in [9.17, 15) is 4.79 Å². The molecule has 0 aliphatic rings. The van der Waals surface area contributed by atoms with Gasteiger partial charge < -0.3 is 9.47 Å². The van der Waals surface area contributed by atoms with Gasteiger partial charge in [-0.05, 0) is 19.1 Å². The summed E-state index contributed by atoms with van der Waals surface area (Å²) in [5, 5.41) is 0.880. The van der Waals surface area contributed by atoms with Crippen molar-refractivity contribution in [1.82, 2.24) is 14.5 Å². The van der Waals surface area contributed by atoms with Crippen molar-refractivity contribution in [2.75, 3.05) is 20.0 Å². The number of amides is 1. The van der Waals surface area contributed by atoms with E-state index in [1.807, 2.05) is 11.5 Å². The number of nitrogens with zero attached hydrogens (tertiary/aromatic N) is 3. The molecule has 0 saturated carbocycles. The van der Waals surface area contributed by atoms with E-state index in [2.05, 4.69) is 4.98 Å². The lowest BCUT2D eigenvalue weighted by molar-refractivity contribution is -0.131. The summed E-state index contributed by atoms with van der Waals surface area (Å²) >= 11 is 18.0. The molecule has 2 aromatic rings. The topological polar surface area (TPSA) is 38.1 Å². The first-order valence-electron chi connectivity index (χ1n) is 6.49. The molecule has 2 rings (SSSR count). The van der Waals surface area contributed by atoms with Crippen molar-refractivity contribution in [1.29, 1.82) is 0 Å². The lowest BCUT2D eigenvalue weighted by atomic mass is 10.2. The van der Waals surface area contributed by atoms with Crippen LogP contribution in [-0.2, 0) is 11.2 Å². The van der Waals surface area contributed by atoms with Crippen molar-refractivity contribution in [2.45, 2.75) is 19.4 Å². The molecule has 7 heteroatoms. The first kappa shape index (κ1) is 16.4. The van der Waals surface area contributed by atoms with E-state index >= 15 is 0 Å². The van der Waals surface area contributed by atoms with Gasteiger partial charge >= 0.3 is 0 Å². The minimum Gasteiger partial charge on any atom is -0.347 e. The molecular weight excluding hydrogens is 333 g/mol. The molecule has 0 saturated heterocycles. The summed E-state index contributed by atoms with van der Waals surface area (Å²) in [5.41, 5.74) is 1.50. The Balaban J connectivity index is 2.65. The molecule has 0 radical (unpaired) electrons. The Labute approximate surface area is 138 Å². The fourth-order valence-corrected chi connectivity index (χ4v) is 2.80. The van der Waals surface area contributed by atoms with E-state index in [-0.39, 0.29) is 11.9 Å². The van der Waals surface area contributed by atoms with Crippen molar-refractivity contribution in [3.8, 4) is 0 Å². The highest BCUT2D eigenvalue weighted by atomic mass is 35.5. The number of imidazole rings is 1. The molecule has 1 atom stereocenters. The van der Waals surface area contributed by atoms with Crippen molar-refractivity contribution < 1.29 is 4.79 Å². The first-order chi connectivity index (χ1) is 9.86. The van der Waals surface area contributed by atoms with Crippen molar-refractivity contribution in [3.63, 3.8) is 0 Å². The number of aryl methyl sites for hydroxylation is 1. The van der Waals surface area contributed by atoms with Crippen LogP contribution in [0.5, 0.6) is 0 Å². The summed E-state index contributed by atoms with van der Waals surface area (Å²) in [6.07, 6.45) is 0.566. The number of rotatable bonds is 4. The highest BCUT2D eigenvalue weighted by molar-refractivity contribution is 6.42. The molecule has 4 nitrogen and oxygen atoms in total. The summed E-state index contributed by atoms with van der Waals surface area (Å²) in [7, 11) is 3.45. The highest BCUT2D eigenvalue weighted by Gasteiger charge is 2.23. The van der Waals surface area contributed by atoms with Crippen LogP contribution in [0, 0.1) is 0 Å². The Morgan fingerprint density at radius 2 is 1.95 bits per heavy atom. The number of hydrogen-bond acceptors (Lipinski definition) is 2. The van der Waals surface area contributed by atoms with E-state index in [4.69, 9.17) is 34.8 Å². The van der Waals surface area contributed by atoms with E-state index in [0.717, 1.165) is 11.3 Å². The molecule has 1 heterocycles. The third kappa shape index (κ3) is 3.12. The summed E-state index contributed by atoms with van der Waals surface area (Å²) < 4.78 is 1.88. The number of alkyl halides is 1. The minimum absolute atomic E-state index is 0.0174. The second-order valence-corrected chi connectivity index (χ2v) is 6.19. The molecule has 1 unspecified atom stereocenters. The van der Waals surface area contributed by atoms with E-state index in [1.54, 1.807) is 31.1 Å². The second-order valence-electron chi connectivity index (χ2n) is 5.00. The molecule has 0 aliphatic carbocycles. The fourth-order valence-electron chi connectivity index (χ4n) is 2.32. The number of carbonyl (C=O) groups is 1. The second kappa shape index (κ2) is 6.42. The Bertz CT molecular complexity index is 682. The maximum atomic E-state index is 12.3. The van der Waals surface area contributed by atoms with E-state index < -0.39 is 0 Å². The van der Waals surface area contributed by atoms with Crippen LogP contribution in [0.25, 0.3) is 11.0 Å². The van der Waals surface area contributed by atoms with Gasteiger partial charge in [-0.25, -0.2) is 4.98 Å².